The number of halogens is 1. The van der Waals surface area contributed by atoms with Gasteiger partial charge in [0.1, 0.15) is 0 Å². The lowest BCUT2D eigenvalue weighted by Gasteiger charge is -1.93. The van der Waals surface area contributed by atoms with Gasteiger partial charge in [0.05, 0.1) is 6.42 Å². The maximum absolute atomic E-state index is 10.2. The Labute approximate surface area is 85.0 Å². The van der Waals surface area contributed by atoms with E-state index in [0.29, 0.717) is 0 Å². The van der Waals surface area contributed by atoms with Crippen LogP contribution in [0.4, 0.5) is 0 Å². The summed E-state index contributed by atoms with van der Waals surface area (Å²) in [5.41, 5.74) is 0.996. The summed E-state index contributed by atoms with van der Waals surface area (Å²) in [6.07, 6.45) is 3.48. The SMILES string of the molecule is O=C(O)CC=Cc1cccc(Br)c1. The largest absolute Gasteiger partial charge is 0.481 e. The molecule has 1 N–H and O–H groups in total. The molecule has 2 nitrogen and oxygen atoms in total. The van der Waals surface area contributed by atoms with E-state index in [4.69, 9.17) is 5.11 Å². The van der Waals surface area contributed by atoms with Gasteiger partial charge in [-0.2, -0.15) is 0 Å². The van der Waals surface area contributed by atoms with E-state index in [1.54, 1.807) is 12.2 Å². The Bertz CT molecular complexity index is 331. The van der Waals surface area contributed by atoms with Gasteiger partial charge in [-0.15, -0.1) is 0 Å². The number of benzene rings is 1. The van der Waals surface area contributed by atoms with E-state index in [-0.39, 0.29) is 6.42 Å². The number of aliphatic carboxylic acids is 1. The van der Waals surface area contributed by atoms with E-state index < -0.39 is 5.97 Å². The zero-order chi connectivity index (χ0) is 9.68. The molecule has 0 unspecified atom stereocenters. The molecule has 0 fully saturated rings. The quantitative estimate of drug-likeness (QED) is 0.883. The molecular weight excluding hydrogens is 232 g/mol. The van der Waals surface area contributed by atoms with E-state index in [1.165, 1.54) is 0 Å². The lowest BCUT2D eigenvalue weighted by molar-refractivity contribution is -0.135. The number of hydrogen-bond acceptors (Lipinski definition) is 1. The minimum absolute atomic E-state index is 0.0620. The van der Waals surface area contributed by atoms with Crippen molar-refractivity contribution in [2.24, 2.45) is 0 Å². The molecule has 0 atom stereocenters. The molecule has 68 valence electrons. The number of carbonyl (C=O) groups is 1. The summed E-state index contributed by atoms with van der Waals surface area (Å²) in [6.45, 7) is 0. The summed E-state index contributed by atoms with van der Waals surface area (Å²) >= 11 is 3.33. The number of rotatable bonds is 3. The fraction of sp³-hybridized carbons (Fsp3) is 0.100. The van der Waals surface area contributed by atoms with Crippen molar-refractivity contribution >= 4 is 28.0 Å². The second-order valence-corrected chi connectivity index (χ2v) is 3.47. The third kappa shape index (κ3) is 3.90. The molecule has 1 aromatic carbocycles. The zero-order valence-electron chi connectivity index (χ0n) is 6.90. The highest BCUT2D eigenvalue weighted by Crippen LogP contribution is 2.12. The summed E-state index contributed by atoms with van der Waals surface area (Å²) in [7, 11) is 0. The van der Waals surface area contributed by atoms with Crippen LogP contribution < -0.4 is 0 Å². The van der Waals surface area contributed by atoms with Crippen molar-refractivity contribution in [2.75, 3.05) is 0 Å². The van der Waals surface area contributed by atoms with Crippen LogP contribution in [0.25, 0.3) is 6.08 Å². The highest BCUT2D eigenvalue weighted by Gasteiger charge is 1.91. The Kier molecular flexibility index (Phi) is 3.71. The first-order valence-corrected chi connectivity index (χ1v) is 4.61. The van der Waals surface area contributed by atoms with Crippen LogP contribution in [0.1, 0.15) is 12.0 Å². The molecule has 0 aliphatic rings. The standard InChI is InChI=1S/C10H9BrO2/c11-9-5-1-3-8(7-9)4-2-6-10(12)13/h1-5,7H,6H2,(H,12,13). The minimum atomic E-state index is -0.814. The Hall–Kier alpha value is -1.09. The zero-order valence-corrected chi connectivity index (χ0v) is 8.49. The van der Waals surface area contributed by atoms with Gasteiger partial charge in [-0.25, -0.2) is 0 Å². The van der Waals surface area contributed by atoms with Gasteiger partial charge in [0, 0.05) is 4.47 Å². The lowest BCUT2D eigenvalue weighted by atomic mass is 10.2. The Morgan fingerprint density at radius 3 is 2.92 bits per heavy atom. The molecule has 1 aromatic rings. The topological polar surface area (TPSA) is 37.3 Å². The Balaban J connectivity index is 2.63. The van der Waals surface area contributed by atoms with Crippen molar-refractivity contribution in [1.29, 1.82) is 0 Å². The number of hydrogen-bond donors (Lipinski definition) is 1. The van der Waals surface area contributed by atoms with E-state index >= 15 is 0 Å². The molecule has 1 rings (SSSR count). The summed E-state index contributed by atoms with van der Waals surface area (Å²) in [5, 5.41) is 8.39. The van der Waals surface area contributed by atoms with Crippen LogP contribution in [0.5, 0.6) is 0 Å². The van der Waals surface area contributed by atoms with E-state index in [0.717, 1.165) is 10.0 Å². The monoisotopic (exact) mass is 240 g/mol. The van der Waals surface area contributed by atoms with Crippen LogP contribution in [0, 0.1) is 0 Å². The molecule has 0 aliphatic heterocycles. The third-order valence-electron chi connectivity index (χ3n) is 1.45. The summed E-state index contributed by atoms with van der Waals surface area (Å²) in [5.74, 6) is -0.814. The first kappa shape index (κ1) is 9.99. The van der Waals surface area contributed by atoms with Gasteiger partial charge in [-0.05, 0) is 17.7 Å². The molecular formula is C10H9BrO2. The fourth-order valence-electron chi connectivity index (χ4n) is 0.906. The van der Waals surface area contributed by atoms with Gasteiger partial charge >= 0.3 is 5.97 Å². The smallest absolute Gasteiger partial charge is 0.307 e. The van der Waals surface area contributed by atoms with Crippen LogP contribution in [0.3, 0.4) is 0 Å². The van der Waals surface area contributed by atoms with Crippen LogP contribution in [-0.2, 0) is 4.79 Å². The van der Waals surface area contributed by atoms with Crippen molar-refractivity contribution in [1.82, 2.24) is 0 Å². The van der Waals surface area contributed by atoms with Gasteiger partial charge in [-0.3, -0.25) is 4.79 Å². The van der Waals surface area contributed by atoms with E-state index in [1.807, 2.05) is 24.3 Å². The van der Waals surface area contributed by atoms with Crippen LogP contribution >= 0.6 is 15.9 Å². The summed E-state index contributed by atoms with van der Waals surface area (Å²) in [4.78, 5) is 10.2. The molecule has 0 radical (unpaired) electrons. The van der Waals surface area contributed by atoms with Crippen LogP contribution in [-0.4, -0.2) is 11.1 Å². The Morgan fingerprint density at radius 2 is 2.31 bits per heavy atom. The number of carboxylic acid groups (broad SMARTS) is 1. The first-order chi connectivity index (χ1) is 6.18. The van der Waals surface area contributed by atoms with Crippen molar-refractivity contribution in [3.63, 3.8) is 0 Å². The second-order valence-electron chi connectivity index (χ2n) is 2.56. The fourth-order valence-corrected chi connectivity index (χ4v) is 1.32. The molecule has 0 saturated heterocycles. The first-order valence-electron chi connectivity index (χ1n) is 3.82. The molecule has 13 heavy (non-hydrogen) atoms. The molecule has 0 bridgehead atoms. The van der Waals surface area contributed by atoms with E-state index in [9.17, 15) is 4.79 Å². The molecule has 0 saturated carbocycles. The van der Waals surface area contributed by atoms with Gasteiger partial charge in [0.25, 0.3) is 0 Å². The van der Waals surface area contributed by atoms with Crippen molar-refractivity contribution in [3.8, 4) is 0 Å². The van der Waals surface area contributed by atoms with Gasteiger partial charge in [0.2, 0.25) is 0 Å². The average Bonchev–Trinajstić information content (AvgIpc) is 2.03. The van der Waals surface area contributed by atoms with Crippen LogP contribution in [0.2, 0.25) is 0 Å². The van der Waals surface area contributed by atoms with Gasteiger partial charge in [0.15, 0.2) is 0 Å². The molecule has 0 amide bonds. The maximum atomic E-state index is 10.2. The predicted octanol–water partition coefficient (Wildman–Crippen LogP) is 2.94. The molecule has 0 spiro atoms. The summed E-state index contributed by atoms with van der Waals surface area (Å²) in [6, 6.07) is 7.68. The Morgan fingerprint density at radius 1 is 1.54 bits per heavy atom. The third-order valence-corrected chi connectivity index (χ3v) is 1.94. The summed E-state index contributed by atoms with van der Waals surface area (Å²) < 4.78 is 0.991. The van der Waals surface area contributed by atoms with Crippen LogP contribution in [0.15, 0.2) is 34.8 Å². The predicted molar refractivity (Wildman–Crippen MR) is 55.4 cm³/mol. The molecule has 0 aromatic heterocycles. The molecule has 3 heteroatoms. The second kappa shape index (κ2) is 4.82. The number of carboxylic acids is 1. The van der Waals surface area contributed by atoms with Crippen molar-refractivity contribution < 1.29 is 9.90 Å². The van der Waals surface area contributed by atoms with Gasteiger partial charge in [-0.1, -0.05) is 40.2 Å². The van der Waals surface area contributed by atoms with Gasteiger partial charge < -0.3 is 5.11 Å². The van der Waals surface area contributed by atoms with Crippen molar-refractivity contribution in [2.45, 2.75) is 6.42 Å². The van der Waals surface area contributed by atoms with E-state index in [2.05, 4.69) is 15.9 Å². The minimum Gasteiger partial charge on any atom is -0.481 e. The molecule has 0 heterocycles. The maximum Gasteiger partial charge on any atom is 0.307 e. The van der Waals surface area contributed by atoms with Crippen molar-refractivity contribution in [3.05, 3.63) is 40.4 Å². The average molecular weight is 241 g/mol. The lowest BCUT2D eigenvalue weighted by Crippen LogP contribution is -1.89. The highest BCUT2D eigenvalue weighted by molar-refractivity contribution is 9.10. The highest BCUT2D eigenvalue weighted by atomic mass is 79.9. The molecule has 0 aliphatic carbocycles. The normalized spacial score (nSPS) is 10.5.